The van der Waals surface area contributed by atoms with Crippen molar-refractivity contribution in [1.82, 2.24) is 4.90 Å². The van der Waals surface area contributed by atoms with Gasteiger partial charge in [-0.3, -0.25) is 9.59 Å². The number of benzene rings is 1. The van der Waals surface area contributed by atoms with Crippen molar-refractivity contribution in [3.8, 4) is 0 Å². The lowest BCUT2D eigenvalue weighted by atomic mass is 10.0. The number of ketones is 1. The van der Waals surface area contributed by atoms with E-state index in [0.29, 0.717) is 37.4 Å². The van der Waals surface area contributed by atoms with E-state index in [0.717, 1.165) is 0 Å². The highest BCUT2D eigenvalue weighted by Gasteiger charge is 2.25. The summed E-state index contributed by atoms with van der Waals surface area (Å²) in [6.07, 6.45) is -0.508. The maximum atomic E-state index is 14.2. The first-order valence-electron chi connectivity index (χ1n) is 8.31. The molecule has 1 N–H and O–H groups in total. The molecule has 6 heteroatoms. The number of aliphatic hydroxyl groups excluding tert-OH is 1. The van der Waals surface area contributed by atoms with Crippen molar-refractivity contribution in [2.24, 2.45) is 5.92 Å². The number of nitrogens with zero attached hydrogens (tertiary/aromatic N) is 2. The van der Waals surface area contributed by atoms with Crippen LogP contribution in [0.2, 0.25) is 0 Å². The third kappa shape index (κ3) is 4.32. The number of piperazine rings is 1. The monoisotopic (exact) mass is 336 g/mol. The molecule has 1 aromatic rings. The van der Waals surface area contributed by atoms with E-state index < -0.39 is 11.9 Å². The van der Waals surface area contributed by atoms with Gasteiger partial charge in [0.15, 0.2) is 5.78 Å². The molecule has 1 heterocycles. The number of carbonyl (C=O) groups is 2. The van der Waals surface area contributed by atoms with Crippen molar-refractivity contribution < 1.29 is 19.1 Å². The molecular formula is C18H25FN2O3. The number of aliphatic hydroxyl groups is 1. The topological polar surface area (TPSA) is 60.9 Å². The molecule has 1 atom stereocenters. The van der Waals surface area contributed by atoms with Gasteiger partial charge in [-0.2, -0.15) is 0 Å². The molecule has 1 aliphatic rings. The van der Waals surface area contributed by atoms with Gasteiger partial charge in [-0.25, -0.2) is 4.39 Å². The van der Waals surface area contributed by atoms with E-state index in [9.17, 15) is 19.1 Å². The van der Waals surface area contributed by atoms with Crippen LogP contribution in [0, 0.1) is 11.7 Å². The largest absolute Gasteiger partial charge is 0.392 e. The predicted octanol–water partition coefficient (Wildman–Crippen LogP) is 2.08. The average molecular weight is 336 g/mol. The van der Waals surface area contributed by atoms with Gasteiger partial charge in [-0.1, -0.05) is 13.8 Å². The van der Waals surface area contributed by atoms with Crippen LogP contribution in [0.25, 0.3) is 0 Å². The Hall–Kier alpha value is -1.95. The normalized spacial score (nSPS) is 16.4. The summed E-state index contributed by atoms with van der Waals surface area (Å²) in [6, 6.07) is 4.50. The second-order valence-electron chi connectivity index (χ2n) is 6.61. The Labute approximate surface area is 142 Å². The van der Waals surface area contributed by atoms with Gasteiger partial charge in [-0.15, -0.1) is 0 Å². The highest BCUT2D eigenvalue weighted by Crippen LogP contribution is 2.22. The molecule has 0 radical (unpaired) electrons. The van der Waals surface area contributed by atoms with Crippen molar-refractivity contribution in [3.63, 3.8) is 0 Å². The summed E-state index contributed by atoms with van der Waals surface area (Å²) in [4.78, 5) is 27.1. The zero-order chi connectivity index (χ0) is 17.9. The van der Waals surface area contributed by atoms with Crippen LogP contribution in [-0.2, 0) is 4.79 Å². The van der Waals surface area contributed by atoms with Crippen LogP contribution >= 0.6 is 0 Å². The van der Waals surface area contributed by atoms with E-state index in [4.69, 9.17) is 0 Å². The van der Waals surface area contributed by atoms with Crippen molar-refractivity contribution >= 4 is 17.4 Å². The van der Waals surface area contributed by atoms with Gasteiger partial charge in [-0.05, 0) is 31.0 Å². The fourth-order valence-electron chi connectivity index (χ4n) is 2.72. The Bertz CT molecular complexity index is 610. The fourth-order valence-corrected chi connectivity index (χ4v) is 2.72. The van der Waals surface area contributed by atoms with E-state index >= 15 is 0 Å². The summed E-state index contributed by atoms with van der Waals surface area (Å²) in [6.45, 7) is 7.21. The molecule has 1 amide bonds. The molecular weight excluding hydrogens is 311 g/mol. The third-order valence-electron chi connectivity index (χ3n) is 4.48. The number of Topliss-reactive ketones (excluding diaryl/α,β-unsaturated/α-hetero) is 1. The lowest BCUT2D eigenvalue weighted by Crippen LogP contribution is -2.49. The molecule has 1 fully saturated rings. The second kappa shape index (κ2) is 7.75. The molecule has 0 spiro atoms. The first-order valence-corrected chi connectivity index (χ1v) is 8.31. The number of carbonyl (C=O) groups excluding carboxylic acids is 2. The maximum Gasteiger partial charge on any atom is 0.225 e. The Morgan fingerprint density at radius 1 is 1.21 bits per heavy atom. The summed E-state index contributed by atoms with van der Waals surface area (Å²) in [5.74, 6) is -0.607. The Morgan fingerprint density at radius 3 is 2.33 bits per heavy atom. The zero-order valence-electron chi connectivity index (χ0n) is 14.5. The molecule has 24 heavy (non-hydrogen) atoms. The number of hydrogen-bond donors (Lipinski definition) is 1. The van der Waals surface area contributed by atoms with Gasteiger partial charge in [0, 0.05) is 31.7 Å². The van der Waals surface area contributed by atoms with Gasteiger partial charge in [0.1, 0.15) is 5.82 Å². The minimum absolute atomic E-state index is 0.0455. The van der Waals surface area contributed by atoms with Gasteiger partial charge >= 0.3 is 0 Å². The summed E-state index contributed by atoms with van der Waals surface area (Å²) >= 11 is 0. The molecule has 0 aliphatic carbocycles. The van der Waals surface area contributed by atoms with Crippen molar-refractivity contribution in [2.75, 3.05) is 31.1 Å². The molecule has 0 bridgehead atoms. The maximum absolute atomic E-state index is 14.2. The summed E-state index contributed by atoms with van der Waals surface area (Å²) in [5, 5.41) is 9.83. The van der Waals surface area contributed by atoms with Gasteiger partial charge < -0.3 is 14.9 Å². The first kappa shape index (κ1) is 18.4. The molecule has 5 nitrogen and oxygen atoms in total. The molecule has 1 aromatic carbocycles. The minimum atomic E-state index is -0.632. The summed E-state index contributed by atoms with van der Waals surface area (Å²) in [5.41, 5.74) is 0.807. The van der Waals surface area contributed by atoms with Crippen LogP contribution in [0.4, 0.5) is 10.1 Å². The van der Waals surface area contributed by atoms with Crippen LogP contribution < -0.4 is 4.90 Å². The van der Waals surface area contributed by atoms with Crippen molar-refractivity contribution in [3.05, 3.63) is 29.6 Å². The third-order valence-corrected chi connectivity index (χ3v) is 4.48. The van der Waals surface area contributed by atoms with E-state index in [1.54, 1.807) is 17.0 Å². The fraction of sp³-hybridized carbons (Fsp3) is 0.556. The lowest BCUT2D eigenvalue weighted by molar-refractivity contribution is -0.134. The number of anilines is 1. The summed E-state index contributed by atoms with van der Waals surface area (Å²) in [7, 11) is 0. The van der Waals surface area contributed by atoms with Gasteiger partial charge in [0.25, 0.3) is 0 Å². The summed E-state index contributed by atoms with van der Waals surface area (Å²) < 4.78 is 14.2. The lowest BCUT2D eigenvalue weighted by Gasteiger charge is -2.36. The van der Waals surface area contributed by atoms with Crippen LogP contribution in [0.15, 0.2) is 18.2 Å². The Balaban J connectivity index is 1.95. The van der Waals surface area contributed by atoms with E-state index in [1.165, 1.54) is 13.0 Å². The van der Waals surface area contributed by atoms with E-state index in [-0.39, 0.29) is 24.0 Å². The molecule has 2 rings (SSSR count). The zero-order valence-corrected chi connectivity index (χ0v) is 14.5. The Kier molecular flexibility index (Phi) is 5.94. The number of rotatable bonds is 5. The average Bonchev–Trinajstić information content (AvgIpc) is 2.54. The van der Waals surface area contributed by atoms with E-state index in [2.05, 4.69) is 0 Å². The predicted molar refractivity (Wildman–Crippen MR) is 90.7 cm³/mol. The molecule has 1 saturated heterocycles. The Morgan fingerprint density at radius 2 is 1.83 bits per heavy atom. The van der Waals surface area contributed by atoms with Crippen molar-refractivity contribution in [1.29, 1.82) is 0 Å². The van der Waals surface area contributed by atoms with Gasteiger partial charge in [0.05, 0.1) is 18.2 Å². The standard InChI is InChI=1S/C18H25FN2O3/c1-12(2)17(23)11-18(24)21-8-6-20(7-9-21)16-5-4-14(13(3)22)10-15(16)19/h4-5,10,12,17,23H,6-9,11H2,1-3H3. The van der Waals surface area contributed by atoms with Gasteiger partial charge in [0.2, 0.25) is 5.91 Å². The number of amides is 1. The second-order valence-corrected chi connectivity index (χ2v) is 6.61. The highest BCUT2D eigenvalue weighted by atomic mass is 19.1. The SMILES string of the molecule is CC(=O)c1ccc(N2CCN(C(=O)CC(O)C(C)C)CC2)c(F)c1. The highest BCUT2D eigenvalue weighted by molar-refractivity contribution is 5.94. The van der Waals surface area contributed by atoms with Crippen molar-refractivity contribution in [2.45, 2.75) is 33.3 Å². The first-order chi connectivity index (χ1) is 11.3. The minimum Gasteiger partial charge on any atom is -0.392 e. The van der Waals surface area contributed by atoms with E-state index in [1.807, 2.05) is 18.7 Å². The smallest absolute Gasteiger partial charge is 0.225 e. The molecule has 1 unspecified atom stereocenters. The van der Waals surface area contributed by atoms with Crippen LogP contribution in [-0.4, -0.2) is 54.0 Å². The van der Waals surface area contributed by atoms with Crippen LogP contribution in [0.1, 0.15) is 37.6 Å². The number of halogens is 1. The number of hydrogen-bond acceptors (Lipinski definition) is 4. The van der Waals surface area contributed by atoms with Crippen LogP contribution in [0.3, 0.4) is 0 Å². The molecule has 132 valence electrons. The molecule has 1 aliphatic heterocycles. The molecule has 0 aromatic heterocycles. The molecule has 0 saturated carbocycles. The van der Waals surface area contributed by atoms with Crippen LogP contribution in [0.5, 0.6) is 0 Å². The quantitative estimate of drug-likeness (QED) is 0.837.